The molecule has 80 valence electrons. The third kappa shape index (κ3) is 2.95. The predicted octanol–water partition coefficient (Wildman–Crippen LogP) is 1.73. The zero-order valence-corrected chi connectivity index (χ0v) is 9.00. The molecule has 0 spiro atoms. The van der Waals surface area contributed by atoms with E-state index in [1.54, 1.807) is 12.1 Å². The zero-order chi connectivity index (χ0) is 11.4. The summed E-state index contributed by atoms with van der Waals surface area (Å²) < 4.78 is 8.90. The van der Waals surface area contributed by atoms with Gasteiger partial charge >= 0.3 is 11.9 Å². The number of hydrogen-bond donors (Lipinski definition) is 0. The standard InChI is InChI=1S/C10H9ClO4/c1-6-3-4-8(7(11)5-6)15-10(13)9(12)14-2/h3-5H,1-2H3. The second-order valence-corrected chi connectivity index (χ2v) is 3.22. The highest BCUT2D eigenvalue weighted by Crippen LogP contribution is 2.25. The molecular formula is C10H9ClO4. The van der Waals surface area contributed by atoms with E-state index in [4.69, 9.17) is 16.3 Å². The van der Waals surface area contributed by atoms with Gasteiger partial charge in [-0.3, -0.25) is 0 Å². The van der Waals surface area contributed by atoms with Crippen LogP contribution in [0.2, 0.25) is 5.02 Å². The van der Waals surface area contributed by atoms with Crippen LogP contribution in [-0.4, -0.2) is 19.0 Å². The highest BCUT2D eigenvalue weighted by molar-refractivity contribution is 6.33. The van der Waals surface area contributed by atoms with E-state index in [1.165, 1.54) is 6.07 Å². The summed E-state index contributed by atoms with van der Waals surface area (Å²) in [4.78, 5) is 21.8. The molecule has 0 radical (unpaired) electrons. The average molecular weight is 229 g/mol. The van der Waals surface area contributed by atoms with Gasteiger partial charge in [0, 0.05) is 0 Å². The number of rotatable bonds is 1. The summed E-state index contributed by atoms with van der Waals surface area (Å²) >= 11 is 5.79. The zero-order valence-electron chi connectivity index (χ0n) is 8.24. The molecule has 0 amide bonds. The van der Waals surface area contributed by atoms with E-state index in [9.17, 15) is 9.59 Å². The molecule has 0 aliphatic rings. The molecule has 0 bridgehead atoms. The Bertz CT molecular complexity index is 400. The van der Waals surface area contributed by atoms with Crippen molar-refractivity contribution in [2.75, 3.05) is 7.11 Å². The van der Waals surface area contributed by atoms with E-state index >= 15 is 0 Å². The lowest BCUT2D eigenvalue weighted by Crippen LogP contribution is -2.21. The Kier molecular flexibility index (Phi) is 3.68. The molecule has 1 aromatic carbocycles. The van der Waals surface area contributed by atoms with Gasteiger partial charge in [0.2, 0.25) is 0 Å². The van der Waals surface area contributed by atoms with Gasteiger partial charge in [-0.15, -0.1) is 0 Å². The lowest BCUT2D eigenvalue weighted by molar-refractivity contribution is -0.160. The highest BCUT2D eigenvalue weighted by Gasteiger charge is 2.17. The van der Waals surface area contributed by atoms with Crippen LogP contribution in [-0.2, 0) is 14.3 Å². The van der Waals surface area contributed by atoms with E-state index in [0.29, 0.717) is 0 Å². The summed E-state index contributed by atoms with van der Waals surface area (Å²) in [5.41, 5.74) is 0.929. The van der Waals surface area contributed by atoms with Crippen LogP contribution >= 0.6 is 11.6 Å². The number of ether oxygens (including phenoxy) is 2. The third-order valence-corrected chi connectivity index (χ3v) is 1.94. The van der Waals surface area contributed by atoms with Crippen molar-refractivity contribution in [3.05, 3.63) is 28.8 Å². The average Bonchev–Trinajstić information content (AvgIpc) is 2.20. The summed E-state index contributed by atoms with van der Waals surface area (Å²) in [6.45, 7) is 1.85. The van der Waals surface area contributed by atoms with Crippen LogP contribution in [0.5, 0.6) is 5.75 Å². The van der Waals surface area contributed by atoms with Crippen molar-refractivity contribution in [2.24, 2.45) is 0 Å². The third-order valence-electron chi connectivity index (χ3n) is 1.64. The molecule has 4 nitrogen and oxygen atoms in total. The number of aryl methyl sites for hydroxylation is 1. The maximum absolute atomic E-state index is 11.0. The molecule has 15 heavy (non-hydrogen) atoms. The van der Waals surface area contributed by atoms with Gasteiger partial charge in [0.25, 0.3) is 0 Å². The van der Waals surface area contributed by atoms with Gasteiger partial charge in [-0.1, -0.05) is 17.7 Å². The van der Waals surface area contributed by atoms with Crippen LogP contribution < -0.4 is 4.74 Å². The maximum Gasteiger partial charge on any atom is 0.422 e. The number of hydrogen-bond acceptors (Lipinski definition) is 4. The van der Waals surface area contributed by atoms with E-state index in [1.807, 2.05) is 6.92 Å². The van der Waals surface area contributed by atoms with E-state index in [0.717, 1.165) is 12.7 Å². The lowest BCUT2D eigenvalue weighted by atomic mass is 10.2. The molecule has 0 aliphatic carbocycles. The minimum atomic E-state index is -1.09. The van der Waals surface area contributed by atoms with Crippen LogP contribution in [0.3, 0.4) is 0 Å². The molecule has 0 saturated heterocycles. The Balaban J connectivity index is 2.81. The Hall–Kier alpha value is -1.55. The van der Waals surface area contributed by atoms with Crippen LogP contribution in [0.15, 0.2) is 18.2 Å². The van der Waals surface area contributed by atoms with Crippen molar-refractivity contribution in [1.82, 2.24) is 0 Å². The summed E-state index contributed by atoms with van der Waals surface area (Å²) in [5, 5.41) is 0.271. The Labute approximate surface area is 91.7 Å². The molecule has 0 aliphatic heterocycles. The largest absolute Gasteiger partial charge is 0.461 e. The normalized spacial score (nSPS) is 9.53. The van der Waals surface area contributed by atoms with Gasteiger partial charge < -0.3 is 9.47 Å². The van der Waals surface area contributed by atoms with Gasteiger partial charge in [0.15, 0.2) is 0 Å². The molecule has 0 atom stereocenters. The number of methoxy groups -OCH3 is 1. The van der Waals surface area contributed by atoms with E-state index in [-0.39, 0.29) is 10.8 Å². The molecule has 5 heteroatoms. The number of halogens is 1. The van der Waals surface area contributed by atoms with Gasteiger partial charge in [-0.25, -0.2) is 9.59 Å². The van der Waals surface area contributed by atoms with Gasteiger partial charge in [-0.2, -0.15) is 0 Å². The van der Waals surface area contributed by atoms with Gasteiger partial charge in [0.1, 0.15) is 5.75 Å². The first-order valence-corrected chi connectivity index (χ1v) is 4.48. The quantitative estimate of drug-likeness (QED) is 0.417. The van der Waals surface area contributed by atoms with Crippen molar-refractivity contribution < 1.29 is 19.1 Å². The number of carbonyl (C=O) groups excluding carboxylic acids is 2. The minimum absolute atomic E-state index is 0.137. The van der Waals surface area contributed by atoms with E-state index in [2.05, 4.69) is 4.74 Å². The van der Waals surface area contributed by atoms with Crippen LogP contribution in [0.1, 0.15) is 5.56 Å². The molecule has 1 rings (SSSR count). The van der Waals surface area contributed by atoms with Crippen LogP contribution in [0.4, 0.5) is 0 Å². The molecule has 0 heterocycles. The topological polar surface area (TPSA) is 52.6 Å². The fourth-order valence-electron chi connectivity index (χ4n) is 0.914. The molecule has 1 aromatic rings. The van der Waals surface area contributed by atoms with Gasteiger partial charge in [0.05, 0.1) is 12.1 Å². The SMILES string of the molecule is COC(=O)C(=O)Oc1ccc(C)cc1Cl. The molecule has 0 saturated carbocycles. The van der Waals surface area contributed by atoms with Crippen LogP contribution in [0, 0.1) is 6.92 Å². The first-order valence-electron chi connectivity index (χ1n) is 4.11. The molecule has 0 fully saturated rings. The summed E-state index contributed by atoms with van der Waals surface area (Å²) in [6.07, 6.45) is 0. The smallest absolute Gasteiger partial charge is 0.422 e. The highest BCUT2D eigenvalue weighted by atomic mass is 35.5. The van der Waals surface area contributed by atoms with Crippen LogP contribution in [0.25, 0.3) is 0 Å². The Morgan fingerprint density at radius 3 is 2.47 bits per heavy atom. The van der Waals surface area contributed by atoms with Gasteiger partial charge in [-0.05, 0) is 24.6 Å². The maximum atomic E-state index is 11.0. The molecule has 0 unspecified atom stereocenters. The first kappa shape index (κ1) is 11.5. The first-order chi connectivity index (χ1) is 7.04. The summed E-state index contributed by atoms with van der Waals surface area (Å²) in [6, 6.07) is 4.85. The summed E-state index contributed by atoms with van der Waals surface area (Å²) in [5.74, 6) is -2.02. The fourth-order valence-corrected chi connectivity index (χ4v) is 1.19. The Morgan fingerprint density at radius 1 is 1.27 bits per heavy atom. The molecule has 0 N–H and O–H groups in total. The van der Waals surface area contributed by atoms with Crippen molar-refractivity contribution in [1.29, 1.82) is 0 Å². The van der Waals surface area contributed by atoms with Crippen molar-refractivity contribution in [2.45, 2.75) is 6.92 Å². The molecule has 0 aromatic heterocycles. The number of carbonyl (C=O) groups is 2. The van der Waals surface area contributed by atoms with Crippen molar-refractivity contribution in [3.8, 4) is 5.75 Å². The van der Waals surface area contributed by atoms with E-state index < -0.39 is 11.9 Å². The minimum Gasteiger partial charge on any atom is -0.461 e. The fraction of sp³-hybridized carbons (Fsp3) is 0.200. The molecular weight excluding hydrogens is 220 g/mol. The predicted molar refractivity (Wildman–Crippen MR) is 53.8 cm³/mol. The monoisotopic (exact) mass is 228 g/mol. The summed E-state index contributed by atoms with van der Waals surface area (Å²) in [7, 11) is 1.10. The Morgan fingerprint density at radius 2 is 1.93 bits per heavy atom. The number of benzene rings is 1. The second-order valence-electron chi connectivity index (χ2n) is 2.81. The second kappa shape index (κ2) is 4.79. The van der Waals surface area contributed by atoms with Crippen molar-refractivity contribution in [3.63, 3.8) is 0 Å². The van der Waals surface area contributed by atoms with Crippen molar-refractivity contribution >= 4 is 23.5 Å². The number of esters is 2. The lowest BCUT2D eigenvalue weighted by Gasteiger charge is -2.04.